The van der Waals surface area contributed by atoms with Crippen LogP contribution in [0.4, 0.5) is 0 Å². The number of amides is 1. The summed E-state index contributed by atoms with van der Waals surface area (Å²) in [5.41, 5.74) is 2.05. The van der Waals surface area contributed by atoms with Crippen molar-refractivity contribution in [3.8, 4) is 5.88 Å². The van der Waals surface area contributed by atoms with Crippen molar-refractivity contribution in [2.24, 2.45) is 0 Å². The quantitative estimate of drug-likeness (QED) is 0.272. The molecule has 0 bridgehead atoms. The van der Waals surface area contributed by atoms with Crippen molar-refractivity contribution >= 4 is 39.9 Å². The smallest absolute Gasteiger partial charge is 0.253 e. The molecule has 4 aromatic rings. The number of piperidine rings is 2. The third-order valence-electron chi connectivity index (χ3n) is 8.15. The predicted octanol–water partition coefficient (Wildman–Crippen LogP) is 6.27. The minimum Gasteiger partial charge on any atom is -0.473 e. The molecule has 1 N–H and O–H groups in total. The van der Waals surface area contributed by atoms with E-state index in [2.05, 4.69) is 15.0 Å². The molecule has 8 nitrogen and oxygen atoms in total. The number of aliphatic hydroxyl groups excluding tert-OH is 1. The molecule has 1 atom stereocenters. The van der Waals surface area contributed by atoms with E-state index in [1.807, 2.05) is 46.1 Å². The van der Waals surface area contributed by atoms with E-state index in [0.29, 0.717) is 46.2 Å². The molecule has 0 spiro atoms. The van der Waals surface area contributed by atoms with Crippen molar-refractivity contribution in [1.29, 1.82) is 0 Å². The molecule has 0 saturated carbocycles. The van der Waals surface area contributed by atoms with E-state index in [-0.39, 0.29) is 12.5 Å². The summed E-state index contributed by atoms with van der Waals surface area (Å²) < 4.78 is 7.98. The number of aliphatic hydroxyl groups is 1. The topological polar surface area (TPSA) is 83.7 Å². The van der Waals surface area contributed by atoms with Gasteiger partial charge in [-0.2, -0.15) is 5.10 Å². The van der Waals surface area contributed by atoms with Gasteiger partial charge < -0.3 is 14.7 Å². The van der Waals surface area contributed by atoms with Gasteiger partial charge in [0.25, 0.3) is 5.91 Å². The summed E-state index contributed by atoms with van der Waals surface area (Å²) in [6, 6.07) is 13.1. The van der Waals surface area contributed by atoms with E-state index < -0.39 is 6.23 Å². The number of likely N-dealkylation sites (tertiary alicyclic amines) is 2. The minimum atomic E-state index is -0.836. The number of ether oxygens (including phenoxy) is 1. The van der Waals surface area contributed by atoms with Gasteiger partial charge in [0, 0.05) is 83.0 Å². The second-order valence-electron chi connectivity index (χ2n) is 10.8. The second kappa shape index (κ2) is 12.4. The van der Waals surface area contributed by atoms with Gasteiger partial charge in [0.1, 0.15) is 12.8 Å². The van der Waals surface area contributed by atoms with E-state index >= 15 is 0 Å². The van der Waals surface area contributed by atoms with Crippen molar-refractivity contribution in [3.05, 3.63) is 87.8 Å². The maximum atomic E-state index is 13.7. The number of carbonyl (C=O) groups excluding carboxylic acids is 1. The van der Waals surface area contributed by atoms with Crippen LogP contribution >= 0.6 is 23.2 Å². The first kappa shape index (κ1) is 28.0. The summed E-state index contributed by atoms with van der Waals surface area (Å²) in [6.07, 6.45) is 9.58. The molecule has 41 heavy (non-hydrogen) atoms. The fourth-order valence-electron chi connectivity index (χ4n) is 5.85. The average Bonchev–Trinajstić information content (AvgIpc) is 3.55. The number of halogens is 2. The van der Waals surface area contributed by atoms with Crippen molar-refractivity contribution in [3.63, 3.8) is 0 Å². The summed E-state index contributed by atoms with van der Waals surface area (Å²) in [5, 5.41) is 18.6. The van der Waals surface area contributed by atoms with Crippen LogP contribution in [0.3, 0.4) is 0 Å². The fraction of sp³-hybridized carbons (Fsp3) is 0.387. The lowest BCUT2D eigenvalue weighted by Gasteiger charge is -2.33. The van der Waals surface area contributed by atoms with E-state index in [1.54, 1.807) is 24.5 Å². The van der Waals surface area contributed by atoms with Gasteiger partial charge in [-0.15, -0.1) is 0 Å². The number of benzene rings is 2. The van der Waals surface area contributed by atoms with Crippen LogP contribution in [-0.4, -0.2) is 61.8 Å². The Morgan fingerprint density at radius 2 is 1.85 bits per heavy atom. The fourth-order valence-corrected chi connectivity index (χ4v) is 6.31. The van der Waals surface area contributed by atoms with Gasteiger partial charge in [0.05, 0.1) is 6.04 Å². The van der Waals surface area contributed by atoms with Gasteiger partial charge in [-0.05, 0) is 61.4 Å². The van der Waals surface area contributed by atoms with Crippen molar-refractivity contribution in [2.45, 2.75) is 51.0 Å². The number of pyridine rings is 1. The Balaban J connectivity index is 1.27. The summed E-state index contributed by atoms with van der Waals surface area (Å²) in [4.78, 5) is 22.2. The minimum absolute atomic E-state index is 0.0318. The number of nitrogens with zero attached hydrogens (tertiary/aromatic N) is 5. The molecule has 0 radical (unpaired) electrons. The van der Waals surface area contributed by atoms with Crippen LogP contribution in [0.2, 0.25) is 10.0 Å². The maximum Gasteiger partial charge on any atom is 0.253 e. The van der Waals surface area contributed by atoms with Gasteiger partial charge in [-0.1, -0.05) is 35.7 Å². The molecule has 2 aromatic carbocycles. The average molecular weight is 595 g/mol. The van der Waals surface area contributed by atoms with Crippen LogP contribution < -0.4 is 4.74 Å². The van der Waals surface area contributed by atoms with Crippen molar-refractivity contribution < 1.29 is 14.6 Å². The normalized spacial score (nSPS) is 17.6. The Labute approximate surface area is 249 Å². The molecule has 1 unspecified atom stereocenters. The monoisotopic (exact) mass is 593 g/mol. The van der Waals surface area contributed by atoms with Gasteiger partial charge in [-0.25, -0.2) is 4.98 Å². The lowest BCUT2D eigenvalue weighted by atomic mass is 9.98. The first-order valence-electron chi connectivity index (χ1n) is 14.2. The summed E-state index contributed by atoms with van der Waals surface area (Å²) >= 11 is 12.4. The van der Waals surface area contributed by atoms with Gasteiger partial charge in [-0.3, -0.25) is 14.4 Å². The highest BCUT2D eigenvalue weighted by Crippen LogP contribution is 2.33. The number of hydrogen-bond acceptors (Lipinski definition) is 6. The van der Waals surface area contributed by atoms with Crippen LogP contribution in [0.15, 0.2) is 61.1 Å². The molecule has 6 rings (SSSR count). The van der Waals surface area contributed by atoms with E-state index in [1.165, 1.54) is 0 Å². The lowest BCUT2D eigenvalue weighted by Crippen LogP contribution is -2.39. The lowest BCUT2D eigenvalue weighted by molar-refractivity contribution is -0.00882. The Morgan fingerprint density at radius 1 is 1.05 bits per heavy atom. The highest BCUT2D eigenvalue weighted by Gasteiger charge is 2.28. The highest BCUT2D eigenvalue weighted by molar-refractivity contribution is 6.35. The maximum absolute atomic E-state index is 13.7. The van der Waals surface area contributed by atoms with Gasteiger partial charge in [0.2, 0.25) is 5.88 Å². The third kappa shape index (κ3) is 6.21. The van der Waals surface area contributed by atoms with Crippen LogP contribution in [0.25, 0.3) is 10.8 Å². The zero-order valence-corrected chi connectivity index (χ0v) is 24.3. The van der Waals surface area contributed by atoms with Gasteiger partial charge >= 0.3 is 0 Å². The molecular weight excluding hydrogens is 561 g/mol. The molecule has 10 heteroatoms. The SMILES string of the molecule is O=C(c1cc(C(O)N2CCCCC2)c2cc(OCc3ccc(Cl)cc3Cl)ncc2c1)N1CCC(n2cccn2)CC1. The number of fused-ring (bicyclic) bond motifs is 1. The summed E-state index contributed by atoms with van der Waals surface area (Å²) in [7, 11) is 0. The predicted molar refractivity (Wildman–Crippen MR) is 159 cm³/mol. The van der Waals surface area contributed by atoms with E-state index in [9.17, 15) is 9.90 Å². The molecular formula is C31H33Cl2N5O3. The van der Waals surface area contributed by atoms with Gasteiger partial charge in [0.15, 0.2) is 0 Å². The standard InChI is InChI=1S/C31H33Cl2N5O3/c32-24-6-5-21(28(33)17-24)20-41-29-18-26-23(19-34-29)15-22(16-27(26)31(40)36-10-2-1-3-11-36)30(39)37-13-7-25(8-14-37)38-12-4-9-35-38/h4-6,9,12,15-19,25,31,40H,1-3,7-8,10-11,13-14,20H2. The first-order valence-corrected chi connectivity index (χ1v) is 14.9. The second-order valence-corrected chi connectivity index (χ2v) is 11.7. The molecule has 4 heterocycles. The molecule has 2 saturated heterocycles. The Bertz CT molecular complexity index is 1520. The molecule has 2 aromatic heterocycles. The first-order chi connectivity index (χ1) is 20.0. The zero-order valence-electron chi connectivity index (χ0n) is 22.8. The number of carbonyl (C=O) groups is 1. The molecule has 2 aliphatic heterocycles. The Morgan fingerprint density at radius 3 is 2.59 bits per heavy atom. The Hall–Kier alpha value is -3.17. The number of rotatable bonds is 7. The van der Waals surface area contributed by atoms with Crippen molar-refractivity contribution in [2.75, 3.05) is 26.2 Å². The largest absolute Gasteiger partial charge is 0.473 e. The highest BCUT2D eigenvalue weighted by atomic mass is 35.5. The molecule has 2 fully saturated rings. The van der Waals surface area contributed by atoms with Crippen LogP contribution in [0, 0.1) is 0 Å². The van der Waals surface area contributed by atoms with Crippen LogP contribution in [0.1, 0.15) is 65.9 Å². The third-order valence-corrected chi connectivity index (χ3v) is 8.73. The van der Waals surface area contributed by atoms with Crippen LogP contribution in [0.5, 0.6) is 5.88 Å². The van der Waals surface area contributed by atoms with E-state index in [0.717, 1.165) is 61.5 Å². The Kier molecular flexibility index (Phi) is 8.44. The van der Waals surface area contributed by atoms with Crippen LogP contribution in [-0.2, 0) is 6.61 Å². The summed E-state index contributed by atoms with van der Waals surface area (Å²) in [5.74, 6) is 0.381. The molecule has 0 aliphatic carbocycles. The summed E-state index contributed by atoms with van der Waals surface area (Å²) in [6.45, 7) is 3.16. The molecule has 2 aliphatic rings. The number of hydrogen-bond donors (Lipinski definition) is 1. The van der Waals surface area contributed by atoms with E-state index in [4.69, 9.17) is 27.9 Å². The molecule has 1 amide bonds. The number of aromatic nitrogens is 3. The van der Waals surface area contributed by atoms with Crippen molar-refractivity contribution in [1.82, 2.24) is 24.6 Å². The zero-order chi connectivity index (χ0) is 28.3. The molecule has 214 valence electrons.